The van der Waals surface area contributed by atoms with E-state index < -0.39 is 15.8 Å². The number of hydrogen-bond acceptors (Lipinski definition) is 6. The van der Waals surface area contributed by atoms with Crippen molar-refractivity contribution in [3.8, 4) is 0 Å². The van der Waals surface area contributed by atoms with E-state index in [2.05, 4.69) is 0 Å². The fraction of sp³-hybridized carbons (Fsp3) is 1.00. The average Bonchev–Trinajstić information content (AvgIpc) is 2.52. The Morgan fingerprint density at radius 2 is 0.952 bits per heavy atom. The lowest BCUT2D eigenvalue weighted by Crippen LogP contribution is -1.97. The third kappa shape index (κ3) is 14.7. The molecule has 0 unspecified atom stereocenters. The summed E-state index contributed by atoms with van der Waals surface area (Å²) in [7, 11) is -1.08. The van der Waals surface area contributed by atoms with Crippen molar-refractivity contribution in [3.63, 3.8) is 0 Å². The molecule has 128 valence electrons. The number of thioether (sulfide) groups is 2. The summed E-state index contributed by atoms with van der Waals surface area (Å²) in [6, 6.07) is 0. The van der Waals surface area contributed by atoms with Gasteiger partial charge in [-0.2, -0.15) is 23.5 Å². The van der Waals surface area contributed by atoms with Gasteiger partial charge in [0.25, 0.3) is 0 Å². The molecule has 0 aliphatic carbocycles. The van der Waals surface area contributed by atoms with E-state index in [-0.39, 0.29) is 25.4 Å². The molecule has 0 aliphatic rings. The maximum atomic E-state index is 8.97. The largest absolute Gasteiger partial charge is 0.392 e. The van der Waals surface area contributed by atoms with E-state index >= 15 is 0 Å². The zero-order valence-electron chi connectivity index (χ0n) is 12.7. The first-order valence-corrected chi connectivity index (χ1v) is 13.4. The summed E-state index contributed by atoms with van der Waals surface area (Å²) in [6.07, 6.45) is 5.95. The van der Waals surface area contributed by atoms with Gasteiger partial charge >= 0.3 is 0 Å². The Morgan fingerprint density at radius 1 is 0.524 bits per heavy atom. The van der Waals surface area contributed by atoms with E-state index in [4.69, 9.17) is 20.4 Å². The molecular weight excluding hydrogens is 346 g/mol. The lowest BCUT2D eigenvalue weighted by molar-refractivity contribution is 0.343. The van der Waals surface area contributed by atoms with Crippen LogP contribution in [0.25, 0.3) is 0 Å². The smallest absolute Gasteiger partial charge is 0.0646 e. The van der Waals surface area contributed by atoms with E-state index in [1.54, 1.807) is 0 Å². The molecule has 0 radical (unpaired) electrons. The van der Waals surface area contributed by atoms with Gasteiger partial charge in [-0.1, -0.05) is 15.8 Å². The van der Waals surface area contributed by atoms with Gasteiger partial charge in [0.2, 0.25) is 0 Å². The van der Waals surface area contributed by atoms with Crippen LogP contribution in [-0.4, -0.2) is 81.2 Å². The first kappa shape index (κ1) is 22.4. The fourth-order valence-electron chi connectivity index (χ4n) is 1.62. The van der Waals surface area contributed by atoms with Crippen LogP contribution in [0.1, 0.15) is 19.3 Å². The SMILES string of the molecule is OCP(CO)CCCCSCCSCCCP(CO)CO. The number of aliphatic hydroxyl groups excluding tert-OH is 4. The van der Waals surface area contributed by atoms with E-state index in [1.165, 1.54) is 23.7 Å². The van der Waals surface area contributed by atoms with Gasteiger partial charge in [0.05, 0.1) is 25.4 Å². The van der Waals surface area contributed by atoms with Crippen LogP contribution >= 0.6 is 39.4 Å². The molecule has 4 nitrogen and oxygen atoms in total. The molecule has 0 bridgehead atoms. The molecule has 0 aromatic heterocycles. The van der Waals surface area contributed by atoms with Crippen LogP contribution in [0.4, 0.5) is 0 Å². The molecule has 0 spiro atoms. The predicted octanol–water partition coefficient (Wildman–Crippen LogP) is 2.39. The van der Waals surface area contributed by atoms with Crippen LogP contribution in [0.2, 0.25) is 0 Å². The van der Waals surface area contributed by atoms with Gasteiger partial charge in [0.15, 0.2) is 0 Å². The second-order valence-corrected chi connectivity index (χ2v) is 11.8. The lowest BCUT2D eigenvalue weighted by atomic mass is 10.4. The second-order valence-electron chi connectivity index (χ2n) is 4.64. The van der Waals surface area contributed by atoms with Crippen molar-refractivity contribution in [1.82, 2.24) is 0 Å². The summed E-state index contributed by atoms with van der Waals surface area (Å²) < 4.78 is 0. The highest BCUT2D eigenvalue weighted by atomic mass is 32.2. The predicted molar refractivity (Wildman–Crippen MR) is 100 cm³/mol. The van der Waals surface area contributed by atoms with Crippen molar-refractivity contribution in [2.24, 2.45) is 0 Å². The third-order valence-electron chi connectivity index (χ3n) is 2.95. The van der Waals surface area contributed by atoms with Crippen molar-refractivity contribution in [3.05, 3.63) is 0 Å². The summed E-state index contributed by atoms with van der Waals surface area (Å²) in [5.74, 6) is 4.63. The normalized spacial score (nSPS) is 11.7. The number of unbranched alkanes of at least 4 members (excludes halogenated alkanes) is 1. The molecule has 0 atom stereocenters. The monoisotopic (exact) mass is 376 g/mol. The van der Waals surface area contributed by atoms with Crippen LogP contribution in [0.15, 0.2) is 0 Å². The molecule has 0 heterocycles. The number of hydrogen-bond donors (Lipinski definition) is 4. The maximum absolute atomic E-state index is 8.97. The topological polar surface area (TPSA) is 80.9 Å². The minimum atomic E-state index is -0.541. The van der Waals surface area contributed by atoms with Crippen molar-refractivity contribution in [2.75, 3.05) is 60.7 Å². The van der Waals surface area contributed by atoms with Crippen LogP contribution < -0.4 is 0 Å². The number of rotatable bonds is 16. The first-order valence-electron chi connectivity index (χ1n) is 7.32. The molecule has 0 fully saturated rings. The molecule has 8 heteroatoms. The van der Waals surface area contributed by atoms with Gasteiger partial charge < -0.3 is 20.4 Å². The van der Waals surface area contributed by atoms with E-state index in [9.17, 15) is 0 Å². The summed E-state index contributed by atoms with van der Waals surface area (Å²) in [6.45, 7) is 0. The van der Waals surface area contributed by atoms with Crippen molar-refractivity contribution in [1.29, 1.82) is 0 Å². The lowest BCUT2D eigenvalue weighted by Gasteiger charge is -2.11. The molecule has 4 N–H and O–H groups in total. The molecule has 0 aromatic rings. The highest BCUT2D eigenvalue weighted by Gasteiger charge is 2.04. The Labute approximate surface area is 140 Å². The highest BCUT2D eigenvalue weighted by molar-refractivity contribution is 8.02. The highest BCUT2D eigenvalue weighted by Crippen LogP contribution is 2.34. The summed E-state index contributed by atoms with van der Waals surface area (Å²) >= 11 is 3.93. The van der Waals surface area contributed by atoms with E-state index in [0.717, 1.165) is 30.9 Å². The molecule has 0 saturated carbocycles. The average molecular weight is 376 g/mol. The van der Waals surface area contributed by atoms with Crippen molar-refractivity contribution in [2.45, 2.75) is 19.3 Å². The Balaban J connectivity index is 3.15. The van der Waals surface area contributed by atoms with Crippen LogP contribution in [0, 0.1) is 0 Å². The van der Waals surface area contributed by atoms with Gasteiger partial charge in [-0.15, -0.1) is 0 Å². The Hall–Kier alpha value is 1.40. The standard InChI is InChI=1S/C13H30O4P2S2/c14-10-18(11-15)4-1-2-6-20-8-9-21-7-3-5-19(12-16)13-17/h14-17H,1-13H2. The van der Waals surface area contributed by atoms with Gasteiger partial charge in [0, 0.05) is 11.5 Å². The molecule has 0 aromatic carbocycles. The number of aliphatic hydroxyl groups is 4. The zero-order valence-corrected chi connectivity index (χ0v) is 16.1. The van der Waals surface area contributed by atoms with E-state index in [0.29, 0.717) is 0 Å². The van der Waals surface area contributed by atoms with Gasteiger partial charge in [-0.3, -0.25) is 0 Å². The van der Waals surface area contributed by atoms with Crippen molar-refractivity contribution >= 4 is 39.4 Å². The minimum absolute atomic E-state index is 0.154. The Morgan fingerprint density at radius 3 is 1.43 bits per heavy atom. The Bertz CT molecular complexity index is 189. The first-order chi connectivity index (χ1) is 10.3. The van der Waals surface area contributed by atoms with Crippen LogP contribution in [0.3, 0.4) is 0 Å². The molecule has 0 rings (SSSR count). The van der Waals surface area contributed by atoms with Gasteiger partial charge in [0.1, 0.15) is 0 Å². The summed E-state index contributed by atoms with van der Waals surface area (Å²) in [4.78, 5) is 0. The molecule has 0 amide bonds. The summed E-state index contributed by atoms with van der Waals surface area (Å²) in [5.41, 5.74) is 0. The minimum Gasteiger partial charge on any atom is -0.392 e. The van der Waals surface area contributed by atoms with Crippen LogP contribution in [0.5, 0.6) is 0 Å². The van der Waals surface area contributed by atoms with Gasteiger partial charge in [-0.25, -0.2) is 0 Å². The second kappa shape index (κ2) is 17.7. The molecular formula is C13H30O4P2S2. The molecule has 21 heavy (non-hydrogen) atoms. The maximum Gasteiger partial charge on any atom is 0.0646 e. The van der Waals surface area contributed by atoms with Crippen LogP contribution in [-0.2, 0) is 0 Å². The zero-order chi connectivity index (χ0) is 15.8. The molecule has 0 aliphatic heterocycles. The fourth-order valence-corrected chi connectivity index (χ4v) is 5.97. The van der Waals surface area contributed by atoms with E-state index in [1.807, 2.05) is 23.5 Å². The quantitative estimate of drug-likeness (QED) is 0.245. The summed E-state index contributed by atoms with van der Waals surface area (Å²) in [5, 5.41) is 35.9. The van der Waals surface area contributed by atoms with Crippen molar-refractivity contribution < 1.29 is 20.4 Å². The van der Waals surface area contributed by atoms with Gasteiger partial charge in [-0.05, 0) is 43.1 Å². The molecule has 0 saturated heterocycles. The Kier molecular flexibility index (Phi) is 18.9. The third-order valence-corrected chi connectivity index (χ3v) is 8.84.